The van der Waals surface area contributed by atoms with E-state index in [-0.39, 0.29) is 11.9 Å². The van der Waals surface area contributed by atoms with Gasteiger partial charge in [-0.1, -0.05) is 12.1 Å². The summed E-state index contributed by atoms with van der Waals surface area (Å²) in [6.45, 7) is 5.47. The minimum atomic E-state index is 0.0496. The lowest BCUT2D eigenvalue weighted by Gasteiger charge is -2.17. The summed E-state index contributed by atoms with van der Waals surface area (Å²) in [6.07, 6.45) is 2.59. The lowest BCUT2D eigenvalue weighted by Crippen LogP contribution is -2.29. The third-order valence-electron chi connectivity index (χ3n) is 5.18. The van der Waals surface area contributed by atoms with Gasteiger partial charge in [-0.15, -0.1) is 0 Å². The van der Waals surface area contributed by atoms with Crippen molar-refractivity contribution in [3.8, 4) is 17.2 Å². The predicted molar refractivity (Wildman–Crippen MR) is 106 cm³/mol. The summed E-state index contributed by atoms with van der Waals surface area (Å²) in [5.41, 5.74) is 5.10. The van der Waals surface area contributed by atoms with Crippen LogP contribution in [0.3, 0.4) is 0 Å². The van der Waals surface area contributed by atoms with Crippen molar-refractivity contribution in [2.75, 3.05) is 13.1 Å². The van der Waals surface area contributed by atoms with Crippen molar-refractivity contribution in [3.63, 3.8) is 0 Å². The molecule has 28 heavy (non-hydrogen) atoms. The van der Waals surface area contributed by atoms with Crippen molar-refractivity contribution in [2.24, 2.45) is 0 Å². The van der Waals surface area contributed by atoms with Crippen LogP contribution in [0.2, 0.25) is 0 Å². The van der Waals surface area contributed by atoms with E-state index in [1.165, 1.54) is 0 Å². The van der Waals surface area contributed by atoms with Crippen molar-refractivity contribution in [1.29, 1.82) is 5.26 Å². The highest BCUT2D eigenvalue weighted by molar-refractivity contribution is 5.95. The first-order valence-electron chi connectivity index (χ1n) is 9.34. The number of nitriles is 1. The SMILES string of the molecule is Cc1cc(C)n([C@H]2CCN(C(=O)c3ccc(-c4ccc(C#N)nc4)cc3)C2)n1. The molecule has 0 unspecified atom stereocenters. The molecule has 0 bridgehead atoms. The van der Waals surface area contributed by atoms with E-state index in [2.05, 4.69) is 23.1 Å². The Labute approximate surface area is 164 Å². The molecule has 1 fully saturated rings. The van der Waals surface area contributed by atoms with Crippen LogP contribution in [-0.4, -0.2) is 38.7 Å². The van der Waals surface area contributed by atoms with Crippen molar-refractivity contribution in [3.05, 3.63) is 71.3 Å². The van der Waals surface area contributed by atoms with Gasteiger partial charge in [-0.05, 0) is 56.2 Å². The highest BCUT2D eigenvalue weighted by atomic mass is 16.2. The molecule has 6 nitrogen and oxygen atoms in total. The fourth-order valence-electron chi connectivity index (χ4n) is 3.76. The average Bonchev–Trinajstić information content (AvgIpc) is 3.33. The van der Waals surface area contributed by atoms with E-state index < -0.39 is 0 Å². The van der Waals surface area contributed by atoms with Gasteiger partial charge in [-0.3, -0.25) is 9.48 Å². The van der Waals surface area contributed by atoms with Crippen LogP contribution in [0.25, 0.3) is 11.1 Å². The molecule has 0 radical (unpaired) electrons. The summed E-state index contributed by atoms with van der Waals surface area (Å²) < 4.78 is 2.05. The lowest BCUT2D eigenvalue weighted by molar-refractivity contribution is 0.0787. The van der Waals surface area contributed by atoms with Crippen LogP contribution in [-0.2, 0) is 0 Å². The van der Waals surface area contributed by atoms with E-state index in [9.17, 15) is 4.79 Å². The number of nitrogens with zero attached hydrogens (tertiary/aromatic N) is 5. The first kappa shape index (κ1) is 17.9. The zero-order chi connectivity index (χ0) is 19.7. The second kappa shape index (κ2) is 7.28. The van der Waals surface area contributed by atoms with Crippen LogP contribution in [0.1, 0.15) is 39.9 Å². The molecule has 0 saturated carbocycles. The number of aromatic nitrogens is 3. The fourth-order valence-corrected chi connectivity index (χ4v) is 3.76. The molecule has 6 heteroatoms. The molecular formula is C22H21N5O. The second-order valence-corrected chi connectivity index (χ2v) is 7.19. The number of hydrogen-bond donors (Lipinski definition) is 0. The number of pyridine rings is 1. The van der Waals surface area contributed by atoms with Crippen LogP contribution in [0.15, 0.2) is 48.7 Å². The van der Waals surface area contributed by atoms with Crippen LogP contribution in [0.4, 0.5) is 0 Å². The number of likely N-dealkylation sites (tertiary alicyclic amines) is 1. The summed E-state index contributed by atoms with van der Waals surface area (Å²) in [6, 6.07) is 15.4. The zero-order valence-electron chi connectivity index (χ0n) is 16.0. The molecule has 1 aliphatic heterocycles. The van der Waals surface area contributed by atoms with Crippen molar-refractivity contribution in [2.45, 2.75) is 26.3 Å². The predicted octanol–water partition coefficient (Wildman–Crippen LogP) is 3.52. The third-order valence-corrected chi connectivity index (χ3v) is 5.18. The molecule has 140 valence electrons. The summed E-state index contributed by atoms with van der Waals surface area (Å²) in [5, 5.41) is 13.4. The molecule has 1 atom stereocenters. The maximum atomic E-state index is 12.9. The Balaban J connectivity index is 1.46. The Morgan fingerprint density at radius 1 is 1.14 bits per heavy atom. The lowest BCUT2D eigenvalue weighted by atomic mass is 10.0. The number of hydrogen-bond acceptors (Lipinski definition) is 4. The molecule has 3 heterocycles. The highest BCUT2D eigenvalue weighted by Crippen LogP contribution is 2.25. The van der Waals surface area contributed by atoms with Gasteiger partial charge >= 0.3 is 0 Å². The molecule has 0 spiro atoms. The maximum Gasteiger partial charge on any atom is 0.253 e. The van der Waals surface area contributed by atoms with E-state index in [1.54, 1.807) is 12.3 Å². The van der Waals surface area contributed by atoms with E-state index >= 15 is 0 Å². The number of carbonyl (C=O) groups excluding carboxylic acids is 1. The van der Waals surface area contributed by atoms with Gasteiger partial charge in [-0.2, -0.15) is 10.4 Å². The molecule has 1 aromatic carbocycles. The van der Waals surface area contributed by atoms with E-state index in [0.29, 0.717) is 17.8 Å². The third kappa shape index (κ3) is 3.39. The quantitative estimate of drug-likeness (QED) is 0.706. The maximum absolute atomic E-state index is 12.9. The molecule has 1 saturated heterocycles. The summed E-state index contributed by atoms with van der Waals surface area (Å²) in [5.74, 6) is 0.0496. The standard InChI is InChI=1S/C22H21N5O/c1-15-11-16(2)27(25-15)21-9-10-26(14-21)22(28)18-5-3-17(4-6-18)19-7-8-20(12-23)24-13-19/h3-8,11,13,21H,9-10,14H2,1-2H3/t21-/m0/s1. The van der Waals surface area contributed by atoms with Gasteiger partial charge in [0.15, 0.2) is 0 Å². The number of carbonyl (C=O) groups is 1. The smallest absolute Gasteiger partial charge is 0.253 e. The fraction of sp³-hybridized carbons (Fsp3) is 0.273. The van der Waals surface area contributed by atoms with Gasteiger partial charge in [0, 0.05) is 36.1 Å². The van der Waals surface area contributed by atoms with Gasteiger partial charge in [0.05, 0.1) is 11.7 Å². The van der Waals surface area contributed by atoms with E-state index in [0.717, 1.165) is 35.5 Å². The molecule has 2 aromatic heterocycles. The van der Waals surface area contributed by atoms with Crippen molar-refractivity contribution >= 4 is 5.91 Å². The number of benzene rings is 1. The largest absolute Gasteiger partial charge is 0.336 e. The Kier molecular flexibility index (Phi) is 4.66. The first-order valence-corrected chi connectivity index (χ1v) is 9.34. The van der Waals surface area contributed by atoms with E-state index in [1.807, 2.05) is 52.9 Å². The Morgan fingerprint density at radius 2 is 1.89 bits per heavy atom. The molecule has 0 aliphatic carbocycles. The first-order chi connectivity index (χ1) is 13.5. The zero-order valence-corrected chi connectivity index (χ0v) is 16.0. The van der Waals surface area contributed by atoms with Crippen LogP contribution in [0, 0.1) is 25.2 Å². The van der Waals surface area contributed by atoms with Gasteiger partial charge in [0.25, 0.3) is 5.91 Å². The molecule has 4 rings (SSSR count). The van der Waals surface area contributed by atoms with Gasteiger partial charge in [0.1, 0.15) is 11.8 Å². The van der Waals surface area contributed by atoms with Crippen molar-refractivity contribution in [1.82, 2.24) is 19.7 Å². The summed E-state index contributed by atoms with van der Waals surface area (Å²) >= 11 is 0. The topological polar surface area (TPSA) is 74.8 Å². The second-order valence-electron chi connectivity index (χ2n) is 7.19. The van der Waals surface area contributed by atoms with Crippen LogP contribution in [0.5, 0.6) is 0 Å². The monoisotopic (exact) mass is 371 g/mol. The normalized spacial score (nSPS) is 16.2. The van der Waals surface area contributed by atoms with Crippen molar-refractivity contribution < 1.29 is 4.79 Å². The molecule has 1 aliphatic rings. The minimum absolute atomic E-state index is 0.0496. The summed E-state index contributed by atoms with van der Waals surface area (Å²) in [7, 11) is 0. The number of aryl methyl sites for hydroxylation is 2. The number of rotatable bonds is 3. The number of amides is 1. The summed E-state index contributed by atoms with van der Waals surface area (Å²) in [4.78, 5) is 18.9. The molecular weight excluding hydrogens is 350 g/mol. The Morgan fingerprint density at radius 3 is 2.50 bits per heavy atom. The molecule has 1 amide bonds. The Bertz CT molecular complexity index is 1040. The Hall–Kier alpha value is -3.46. The van der Waals surface area contributed by atoms with Gasteiger partial charge in [-0.25, -0.2) is 4.98 Å². The molecule has 0 N–H and O–H groups in total. The van der Waals surface area contributed by atoms with Crippen LogP contribution < -0.4 is 0 Å². The van der Waals surface area contributed by atoms with E-state index in [4.69, 9.17) is 5.26 Å². The average molecular weight is 371 g/mol. The molecule has 3 aromatic rings. The minimum Gasteiger partial charge on any atom is -0.336 e. The van der Waals surface area contributed by atoms with Crippen LogP contribution >= 0.6 is 0 Å². The van der Waals surface area contributed by atoms with Gasteiger partial charge in [0.2, 0.25) is 0 Å². The highest BCUT2D eigenvalue weighted by Gasteiger charge is 2.29. The van der Waals surface area contributed by atoms with Gasteiger partial charge < -0.3 is 4.90 Å².